The molecule has 0 radical (unpaired) electrons. The maximum absolute atomic E-state index is 13.9. The summed E-state index contributed by atoms with van der Waals surface area (Å²) in [6.07, 6.45) is -1.11. The number of hydrogen-bond acceptors (Lipinski definition) is 12. The van der Waals surface area contributed by atoms with Gasteiger partial charge in [-0.05, 0) is 56.6 Å². The number of aromatic hydroxyl groups is 1. The largest absolute Gasteiger partial charge is 0.508 e. The lowest BCUT2D eigenvalue weighted by Crippen LogP contribution is -2.58. The van der Waals surface area contributed by atoms with E-state index in [1.54, 1.807) is 45.8 Å². The molecular formula is C34H45N3O11. The number of primary amides is 1. The fraction of sp³-hybridized carbons (Fsp3) is 0.559. The Balaban J connectivity index is 1.78. The van der Waals surface area contributed by atoms with Crippen molar-refractivity contribution in [3.05, 3.63) is 39.7 Å². The number of Topliss-reactive ketones (excluding diaryl/α,β-unsaturated/α-hetero) is 2. The van der Waals surface area contributed by atoms with Crippen molar-refractivity contribution in [3.8, 4) is 5.75 Å². The molecule has 262 valence electrons. The Kier molecular flexibility index (Phi) is 9.41. The van der Waals surface area contributed by atoms with Crippen molar-refractivity contribution in [1.82, 2.24) is 4.90 Å². The van der Waals surface area contributed by atoms with Crippen molar-refractivity contribution in [3.63, 3.8) is 0 Å². The van der Waals surface area contributed by atoms with Crippen molar-refractivity contribution in [1.29, 1.82) is 0 Å². The van der Waals surface area contributed by atoms with Gasteiger partial charge in [-0.15, -0.1) is 0 Å². The second-order valence-corrected chi connectivity index (χ2v) is 15.2. The molecule has 3 aliphatic carbocycles. The molecule has 1 aromatic rings. The van der Waals surface area contributed by atoms with Gasteiger partial charge >= 0.3 is 12.1 Å². The summed E-state index contributed by atoms with van der Waals surface area (Å²) in [5, 5.41) is 45.7. The summed E-state index contributed by atoms with van der Waals surface area (Å²) in [7, 11) is 3.49. The highest BCUT2D eigenvalue weighted by molar-refractivity contribution is 6.22. The van der Waals surface area contributed by atoms with Crippen LogP contribution in [0.3, 0.4) is 0 Å². The molecule has 0 bridgehead atoms. The minimum absolute atomic E-state index is 0.00326. The molecule has 0 unspecified atom stereocenters. The van der Waals surface area contributed by atoms with E-state index >= 15 is 0 Å². The van der Waals surface area contributed by atoms with Crippen molar-refractivity contribution in [2.45, 2.75) is 73.0 Å². The number of rotatable bonds is 7. The molecule has 0 spiro atoms. The molecule has 3 atom stereocenters. The highest BCUT2D eigenvalue weighted by Crippen LogP contribution is 2.53. The van der Waals surface area contributed by atoms with Gasteiger partial charge in [0.25, 0.3) is 5.91 Å². The van der Waals surface area contributed by atoms with Crippen molar-refractivity contribution < 1.29 is 53.9 Å². The Hall–Kier alpha value is -4.59. The van der Waals surface area contributed by atoms with Gasteiger partial charge in [0.05, 0.1) is 17.5 Å². The summed E-state index contributed by atoms with van der Waals surface area (Å²) in [6.45, 7) is 9.96. The zero-order valence-electron chi connectivity index (χ0n) is 28.6. The smallest absolute Gasteiger partial charge is 0.412 e. The number of nitrogens with two attached hydrogens (primary N) is 1. The third kappa shape index (κ3) is 6.45. The maximum Gasteiger partial charge on any atom is 0.412 e. The Morgan fingerprint density at radius 3 is 2.19 bits per heavy atom. The van der Waals surface area contributed by atoms with Gasteiger partial charge < -0.3 is 45.4 Å². The first-order valence-corrected chi connectivity index (χ1v) is 15.6. The van der Waals surface area contributed by atoms with Gasteiger partial charge in [-0.2, -0.15) is 0 Å². The number of benzene rings is 1. The second kappa shape index (κ2) is 12.5. The first kappa shape index (κ1) is 36.2. The van der Waals surface area contributed by atoms with Gasteiger partial charge in [-0.25, -0.2) is 4.79 Å². The van der Waals surface area contributed by atoms with E-state index in [9.17, 15) is 44.4 Å². The number of nitrogens with zero attached hydrogens (tertiary/aromatic N) is 2. The molecule has 2 amide bonds. The monoisotopic (exact) mass is 671 g/mol. The molecular weight excluding hydrogens is 626 g/mol. The van der Waals surface area contributed by atoms with Crippen LogP contribution in [0.25, 0.3) is 5.76 Å². The number of esters is 1. The zero-order chi connectivity index (χ0) is 36.3. The normalized spacial score (nSPS) is 22.4. The number of phenolic OH excluding ortho intramolecular Hbond substituents is 1. The van der Waals surface area contributed by atoms with E-state index in [1.807, 2.05) is 20.8 Å². The fourth-order valence-electron chi connectivity index (χ4n) is 6.65. The van der Waals surface area contributed by atoms with Crippen molar-refractivity contribution in [2.75, 3.05) is 32.3 Å². The minimum atomic E-state index is -2.68. The standard InChI is InChI=1S/C34H45N3O11/c1-32(2,3)14-37(31(45)48-15-47-30(44)33(4,5)6)13-17-11-20(36(7)8)19-10-16-9-18-12-21(38)24(29(35)43)28(42)34(18,46)27(41)22(16)26(40)23(19)25(17)39/h11,16,18,39-40,42,46H,9-10,12-15H2,1-8H3,(H2,35,43)/t16-,18+,34+/m1/s1. The molecule has 0 heterocycles. The van der Waals surface area contributed by atoms with Crippen LogP contribution in [-0.2, 0) is 41.6 Å². The Labute approximate surface area is 278 Å². The van der Waals surface area contributed by atoms with Crippen LogP contribution < -0.4 is 10.6 Å². The molecule has 14 heteroatoms. The summed E-state index contributed by atoms with van der Waals surface area (Å²) in [4.78, 5) is 67.0. The van der Waals surface area contributed by atoms with E-state index < -0.39 is 93.9 Å². The zero-order valence-corrected chi connectivity index (χ0v) is 28.6. The van der Waals surface area contributed by atoms with E-state index in [-0.39, 0.29) is 42.6 Å². The molecule has 1 aromatic carbocycles. The number of amides is 2. The topological polar surface area (TPSA) is 217 Å². The van der Waals surface area contributed by atoms with Crippen molar-refractivity contribution in [2.24, 2.45) is 28.4 Å². The quantitative estimate of drug-likeness (QED) is 0.161. The van der Waals surface area contributed by atoms with Crippen LogP contribution in [0.2, 0.25) is 0 Å². The first-order chi connectivity index (χ1) is 22.0. The van der Waals surface area contributed by atoms with Gasteiger partial charge in [-0.3, -0.25) is 19.2 Å². The summed E-state index contributed by atoms with van der Waals surface area (Å²) in [5.41, 5.74) is 1.37. The summed E-state index contributed by atoms with van der Waals surface area (Å²) in [5.74, 6) is -7.75. The SMILES string of the molecule is CN(C)c1cc(CN(CC(C)(C)C)C(=O)OCOC(=O)C(C)(C)C)c(O)c2c1C[C@H]1C[C@H]3CC(=O)C(C(N)=O)=C(O)[C@@]3(O)C(=O)C1=C2O. The number of anilines is 1. The van der Waals surface area contributed by atoms with Crippen LogP contribution in [0, 0.1) is 22.7 Å². The van der Waals surface area contributed by atoms with Gasteiger partial charge in [0.2, 0.25) is 12.6 Å². The molecule has 0 aliphatic heterocycles. The number of carbonyl (C=O) groups is 5. The number of hydrogen-bond donors (Lipinski definition) is 5. The van der Waals surface area contributed by atoms with Gasteiger partial charge in [-0.1, -0.05) is 20.8 Å². The summed E-state index contributed by atoms with van der Waals surface area (Å²) >= 11 is 0. The molecule has 48 heavy (non-hydrogen) atoms. The van der Waals surface area contributed by atoms with Crippen molar-refractivity contribution >= 4 is 41.0 Å². The number of carbonyl (C=O) groups excluding carboxylic acids is 5. The molecule has 3 aliphatic rings. The molecule has 1 fully saturated rings. The molecule has 0 saturated heterocycles. The average Bonchev–Trinajstić information content (AvgIpc) is 2.94. The van der Waals surface area contributed by atoms with E-state index in [0.717, 1.165) is 0 Å². The predicted molar refractivity (Wildman–Crippen MR) is 172 cm³/mol. The average molecular weight is 672 g/mol. The Bertz CT molecular complexity index is 1640. The van der Waals surface area contributed by atoms with Crippen LogP contribution in [-0.4, -0.2) is 87.9 Å². The molecule has 1 saturated carbocycles. The lowest BCUT2D eigenvalue weighted by Gasteiger charge is -2.46. The number of aliphatic hydroxyl groups excluding tert-OH is 2. The summed E-state index contributed by atoms with van der Waals surface area (Å²) < 4.78 is 10.4. The maximum atomic E-state index is 13.9. The van der Waals surface area contributed by atoms with Gasteiger partial charge in [0.1, 0.15) is 22.8 Å². The van der Waals surface area contributed by atoms with Crippen LogP contribution in [0.15, 0.2) is 23.0 Å². The molecule has 0 aromatic heterocycles. The van der Waals surface area contributed by atoms with E-state index in [2.05, 4.69) is 0 Å². The number of ketones is 2. The lowest BCUT2D eigenvalue weighted by atomic mass is 9.59. The van der Waals surface area contributed by atoms with Crippen LogP contribution in [0.1, 0.15) is 71.1 Å². The van der Waals surface area contributed by atoms with Crippen LogP contribution in [0.5, 0.6) is 5.75 Å². The third-order valence-electron chi connectivity index (χ3n) is 8.87. The van der Waals surface area contributed by atoms with E-state index in [1.165, 1.54) is 4.90 Å². The Morgan fingerprint density at radius 1 is 1.02 bits per heavy atom. The fourth-order valence-corrected chi connectivity index (χ4v) is 6.65. The Morgan fingerprint density at radius 2 is 1.65 bits per heavy atom. The highest BCUT2D eigenvalue weighted by atomic mass is 16.7. The first-order valence-electron chi connectivity index (χ1n) is 15.6. The number of ether oxygens (including phenoxy) is 2. The lowest BCUT2D eigenvalue weighted by molar-refractivity contribution is -0.162. The number of aliphatic hydroxyl groups is 3. The van der Waals surface area contributed by atoms with E-state index in [0.29, 0.717) is 11.3 Å². The van der Waals surface area contributed by atoms with Crippen LogP contribution >= 0.6 is 0 Å². The molecule has 4 rings (SSSR count). The third-order valence-corrected chi connectivity index (χ3v) is 8.87. The van der Waals surface area contributed by atoms with Gasteiger partial charge in [0, 0.05) is 49.8 Å². The van der Waals surface area contributed by atoms with Gasteiger partial charge in [0.15, 0.2) is 11.4 Å². The molecule has 6 N–H and O–H groups in total. The number of phenols is 1. The van der Waals surface area contributed by atoms with E-state index in [4.69, 9.17) is 15.2 Å². The molecule has 14 nitrogen and oxygen atoms in total. The second-order valence-electron chi connectivity index (χ2n) is 15.2. The summed E-state index contributed by atoms with van der Waals surface area (Å²) in [6, 6.07) is 1.66. The highest BCUT2D eigenvalue weighted by Gasteiger charge is 2.60. The number of fused-ring (bicyclic) bond motifs is 3. The predicted octanol–water partition coefficient (Wildman–Crippen LogP) is 3.02. The minimum Gasteiger partial charge on any atom is -0.508 e. The van der Waals surface area contributed by atoms with Crippen LogP contribution in [0.4, 0.5) is 10.5 Å².